The topological polar surface area (TPSA) is 70.8 Å². The van der Waals surface area contributed by atoms with Gasteiger partial charge in [-0.25, -0.2) is 0 Å². The fraction of sp³-hybridized carbons (Fsp3) is 0.267. The molecule has 1 aromatic heterocycles. The molecule has 1 N–H and O–H groups in total. The van der Waals surface area contributed by atoms with Crippen LogP contribution >= 0.6 is 0 Å². The van der Waals surface area contributed by atoms with Crippen LogP contribution in [-0.4, -0.2) is 23.3 Å². The first-order valence-electron chi connectivity index (χ1n) is 6.57. The van der Waals surface area contributed by atoms with E-state index in [-0.39, 0.29) is 6.54 Å². The van der Waals surface area contributed by atoms with E-state index in [4.69, 9.17) is 10.00 Å². The Balaban J connectivity index is 1.84. The number of aromatic nitrogens is 2. The Morgan fingerprint density at radius 3 is 3.00 bits per heavy atom. The van der Waals surface area contributed by atoms with Crippen molar-refractivity contribution in [3.63, 3.8) is 0 Å². The predicted molar refractivity (Wildman–Crippen MR) is 75.4 cm³/mol. The van der Waals surface area contributed by atoms with Crippen LogP contribution < -0.4 is 10.1 Å². The third-order valence-corrected chi connectivity index (χ3v) is 3.22. The van der Waals surface area contributed by atoms with Crippen molar-refractivity contribution in [1.82, 2.24) is 10.2 Å². The number of benzene rings is 1. The van der Waals surface area contributed by atoms with Crippen molar-refractivity contribution < 1.29 is 4.74 Å². The van der Waals surface area contributed by atoms with Gasteiger partial charge in [-0.05, 0) is 48.7 Å². The quantitative estimate of drug-likeness (QED) is 0.864. The molecule has 0 unspecified atom stereocenters. The highest BCUT2D eigenvalue weighted by Crippen LogP contribution is 2.29. The van der Waals surface area contributed by atoms with Gasteiger partial charge in [0.15, 0.2) is 0 Å². The molecule has 3 rings (SSSR count). The van der Waals surface area contributed by atoms with Crippen molar-refractivity contribution in [2.45, 2.75) is 12.8 Å². The summed E-state index contributed by atoms with van der Waals surface area (Å²) in [5.74, 6) is 1.58. The molecule has 2 heterocycles. The number of hydrogen-bond acceptors (Lipinski definition) is 5. The number of fused-ring (bicyclic) bond motifs is 1. The molecular formula is C15H14N4O. The molecule has 5 nitrogen and oxygen atoms in total. The highest BCUT2D eigenvalue weighted by atomic mass is 16.5. The van der Waals surface area contributed by atoms with Gasteiger partial charge in [0, 0.05) is 5.56 Å². The molecule has 0 saturated carbocycles. The van der Waals surface area contributed by atoms with E-state index in [9.17, 15) is 0 Å². The highest BCUT2D eigenvalue weighted by molar-refractivity contribution is 5.62. The summed E-state index contributed by atoms with van der Waals surface area (Å²) >= 11 is 0. The molecule has 0 atom stereocenters. The Bertz CT molecular complexity index is 646. The lowest BCUT2D eigenvalue weighted by molar-refractivity contribution is 0.288. The summed E-state index contributed by atoms with van der Waals surface area (Å²) in [6.45, 7) is 1.02. The third kappa shape index (κ3) is 2.54. The first-order chi connectivity index (χ1) is 9.86. The first kappa shape index (κ1) is 12.4. The highest BCUT2D eigenvalue weighted by Gasteiger charge is 2.11. The Hall–Kier alpha value is -2.61. The largest absolute Gasteiger partial charge is 0.493 e. The zero-order valence-electron chi connectivity index (χ0n) is 11.0. The van der Waals surface area contributed by atoms with Gasteiger partial charge in [-0.1, -0.05) is 0 Å². The zero-order chi connectivity index (χ0) is 13.8. The minimum absolute atomic E-state index is 0.226. The number of aryl methyl sites for hydroxylation is 1. The summed E-state index contributed by atoms with van der Waals surface area (Å²) in [6, 6.07) is 11.8. The fourth-order valence-electron chi connectivity index (χ4n) is 2.23. The molecule has 1 aliphatic rings. The number of anilines is 1. The van der Waals surface area contributed by atoms with E-state index in [1.165, 1.54) is 5.56 Å². The standard InChI is InChI=1S/C15H14N4O/c16-7-8-17-15-6-4-13(18-19-15)11-3-5-14-12(10-11)2-1-9-20-14/h3-6,10H,1-2,8-9H2,(H,17,19). The lowest BCUT2D eigenvalue weighted by Crippen LogP contribution is -2.08. The third-order valence-electron chi connectivity index (χ3n) is 3.22. The van der Waals surface area contributed by atoms with Crippen LogP contribution in [0.4, 0.5) is 5.82 Å². The van der Waals surface area contributed by atoms with Crippen molar-refractivity contribution in [1.29, 1.82) is 5.26 Å². The Labute approximate surface area is 117 Å². The second kappa shape index (κ2) is 5.57. The molecule has 0 aliphatic carbocycles. The number of nitrogens with one attached hydrogen (secondary N) is 1. The molecule has 5 heteroatoms. The number of nitrogens with zero attached hydrogens (tertiary/aromatic N) is 3. The Kier molecular flexibility index (Phi) is 3.46. The van der Waals surface area contributed by atoms with E-state index in [2.05, 4.69) is 21.6 Å². The average Bonchev–Trinajstić information content (AvgIpc) is 2.53. The molecule has 1 aliphatic heterocycles. The second-order valence-corrected chi connectivity index (χ2v) is 4.59. The minimum atomic E-state index is 0.226. The van der Waals surface area contributed by atoms with Crippen LogP contribution in [0.25, 0.3) is 11.3 Å². The molecule has 1 aromatic carbocycles. The molecule has 100 valence electrons. The summed E-state index contributed by atoms with van der Waals surface area (Å²) < 4.78 is 5.60. The molecule has 0 amide bonds. The molecule has 20 heavy (non-hydrogen) atoms. The lowest BCUT2D eigenvalue weighted by Gasteiger charge is -2.17. The van der Waals surface area contributed by atoms with Gasteiger partial charge < -0.3 is 10.1 Å². The number of nitriles is 1. The Morgan fingerprint density at radius 1 is 1.25 bits per heavy atom. The first-order valence-corrected chi connectivity index (χ1v) is 6.57. The summed E-state index contributed by atoms with van der Waals surface area (Å²) in [5, 5.41) is 19.6. The maximum absolute atomic E-state index is 8.50. The molecule has 0 spiro atoms. The van der Waals surface area contributed by atoms with Crippen molar-refractivity contribution >= 4 is 5.82 Å². The monoisotopic (exact) mass is 266 g/mol. The Morgan fingerprint density at radius 2 is 2.20 bits per heavy atom. The van der Waals surface area contributed by atoms with Crippen LogP contribution in [0.15, 0.2) is 30.3 Å². The molecule has 0 fully saturated rings. The van der Waals surface area contributed by atoms with Crippen molar-refractivity contribution in [3.05, 3.63) is 35.9 Å². The molecule has 0 saturated heterocycles. The maximum Gasteiger partial charge on any atom is 0.149 e. The number of ether oxygens (including phenoxy) is 1. The summed E-state index contributed by atoms with van der Waals surface area (Å²) in [4.78, 5) is 0. The van der Waals surface area contributed by atoms with E-state index in [0.29, 0.717) is 5.82 Å². The van der Waals surface area contributed by atoms with Crippen molar-refractivity contribution in [2.75, 3.05) is 18.5 Å². The van der Waals surface area contributed by atoms with E-state index in [0.717, 1.165) is 36.5 Å². The number of rotatable bonds is 3. The predicted octanol–water partition coefficient (Wildman–Crippen LogP) is 2.40. The fourth-order valence-corrected chi connectivity index (χ4v) is 2.23. The molecule has 2 aromatic rings. The van der Waals surface area contributed by atoms with E-state index in [1.54, 1.807) is 0 Å². The zero-order valence-corrected chi connectivity index (χ0v) is 11.0. The van der Waals surface area contributed by atoms with Crippen LogP contribution in [0.3, 0.4) is 0 Å². The van der Waals surface area contributed by atoms with Gasteiger partial charge in [-0.15, -0.1) is 10.2 Å². The van der Waals surface area contributed by atoms with Crippen molar-refractivity contribution in [2.24, 2.45) is 0 Å². The van der Waals surface area contributed by atoms with E-state index >= 15 is 0 Å². The van der Waals surface area contributed by atoms with Gasteiger partial charge in [0.05, 0.1) is 18.4 Å². The second-order valence-electron chi connectivity index (χ2n) is 4.59. The van der Waals surface area contributed by atoms with Gasteiger partial charge in [0.2, 0.25) is 0 Å². The van der Waals surface area contributed by atoms with Gasteiger partial charge in [-0.3, -0.25) is 0 Å². The van der Waals surface area contributed by atoms with Gasteiger partial charge in [0.25, 0.3) is 0 Å². The van der Waals surface area contributed by atoms with Gasteiger partial charge >= 0.3 is 0 Å². The van der Waals surface area contributed by atoms with Crippen LogP contribution in [0.2, 0.25) is 0 Å². The normalized spacial score (nSPS) is 12.9. The average molecular weight is 266 g/mol. The van der Waals surface area contributed by atoms with Crippen LogP contribution in [0.5, 0.6) is 5.75 Å². The van der Waals surface area contributed by atoms with Gasteiger partial charge in [0.1, 0.15) is 18.1 Å². The van der Waals surface area contributed by atoms with Crippen LogP contribution in [0, 0.1) is 11.3 Å². The van der Waals surface area contributed by atoms with E-state index in [1.807, 2.05) is 30.3 Å². The SMILES string of the molecule is N#CCNc1ccc(-c2ccc3c(c2)CCCO3)nn1. The van der Waals surface area contributed by atoms with Gasteiger partial charge in [-0.2, -0.15) is 5.26 Å². The molecule has 0 bridgehead atoms. The number of hydrogen-bond donors (Lipinski definition) is 1. The van der Waals surface area contributed by atoms with E-state index < -0.39 is 0 Å². The molecule has 0 radical (unpaired) electrons. The summed E-state index contributed by atoms with van der Waals surface area (Å²) in [7, 11) is 0. The van der Waals surface area contributed by atoms with Crippen LogP contribution in [-0.2, 0) is 6.42 Å². The maximum atomic E-state index is 8.50. The summed E-state index contributed by atoms with van der Waals surface area (Å²) in [5.41, 5.74) is 3.08. The summed E-state index contributed by atoms with van der Waals surface area (Å²) in [6.07, 6.45) is 2.09. The van der Waals surface area contributed by atoms with Crippen LogP contribution in [0.1, 0.15) is 12.0 Å². The molecular weight excluding hydrogens is 252 g/mol. The lowest BCUT2D eigenvalue weighted by atomic mass is 10.0. The minimum Gasteiger partial charge on any atom is -0.493 e. The van der Waals surface area contributed by atoms with Crippen molar-refractivity contribution in [3.8, 4) is 23.1 Å². The smallest absolute Gasteiger partial charge is 0.149 e.